The molecule has 0 heterocycles. The van der Waals surface area contributed by atoms with Gasteiger partial charge in [0.25, 0.3) is 5.69 Å². The number of nitrogens with one attached hydrogen (secondary N) is 1. The number of nitrogens with zero attached hydrogens (tertiary/aromatic N) is 1. The molecule has 1 aromatic carbocycles. The Morgan fingerprint density at radius 3 is 2.74 bits per heavy atom. The second kappa shape index (κ2) is 8.00. The number of hydrogen-bond acceptors (Lipinski definition) is 3. The zero-order valence-corrected chi connectivity index (χ0v) is 12.2. The first-order valence-corrected chi connectivity index (χ1v) is 7.14. The highest BCUT2D eigenvalue weighted by atomic mass is 35.5. The highest BCUT2D eigenvalue weighted by molar-refractivity contribution is 6.30. The molecule has 1 rings (SSSR count). The van der Waals surface area contributed by atoms with E-state index in [1.54, 1.807) is 12.1 Å². The monoisotopic (exact) mass is 284 g/mol. The number of nitro groups is 1. The Morgan fingerprint density at radius 2 is 2.16 bits per heavy atom. The largest absolute Gasteiger partial charge is 0.379 e. The number of unbranched alkanes of at least 4 members (excludes halogenated alkanes) is 1. The molecule has 0 aromatic heterocycles. The summed E-state index contributed by atoms with van der Waals surface area (Å²) in [5.74, 6) is 0.551. The van der Waals surface area contributed by atoms with Gasteiger partial charge in [0, 0.05) is 17.6 Å². The fraction of sp³-hybridized carbons (Fsp3) is 0.571. The second-order valence-corrected chi connectivity index (χ2v) is 5.15. The Kier molecular flexibility index (Phi) is 6.64. The quantitative estimate of drug-likeness (QED) is 0.547. The minimum Gasteiger partial charge on any atom is -0.379 e. The van der Waals surface area contributed by atoms with E-state index in [2.05, 4.69) is 19.2 Å². The van der Waals surface area contributed by atoms with Gasteiger partial charge in [0.15, 0.2) is 0 Å². The Bertz CT molecular complexity index is 424. The SMILES string of the molecule is CCCCC(CC)CNc1ccc(Cl)cc1[N+](=O)[O-]. The van der Waals surface area contributed by atoms with Gasteiger partial charge in [-0.25, -0.2) is 0 Å². The molecular formula is C14H21ClN2O2. The van der Waals surface area contributed by atoms with Crippen molar-refractivity contribution < 1.29 is 4.92 Å². The Balaban J connectivity index is 2.68. The van der Waals surface area contributed by atoms with Crippen LogP contribution in [0.1, 0.15) is 39.5 Å². The summed E-state index contributed by atoms with van der Waals surface area (Å²) >= 11 is 5.79. The molecule has 4 nitrogen and oxygen atoms in total. The molecule has 0 aliphatic rings. The average molecular weight is 285 g/mol. The van der Waals surface area contributed by atoms with Crippen molar-refractivity contribution in [2.75, 3.05) is 11.9 Å². The first kappa shape index (κ1) is 15.8. The fourth-order valence-corrected chi connectivity index (χ4v) is 2.17. The van der Waals surface area contributed by atoms with Crippen LogP contribution in [0, 0.1) is 16.0 Å². The molecule has 0 radical (unpaired) electrons. The van der Waals surface area contributed by atoms with E-state index in [0.717, 1.165) is 19.4 Å². The zero-order chi connectivity index (χ0) is 14.3. The normalized spacial score (nSPS) is 12.2. The van der Waals surface area contributed by atoms with Crippen LogP contribution in [0.2, 0.25) is 5.02 Å². The summed E-state index contributed by atoms with van der Waals surface area (Å²) in [5, 5.41) is 14.5. The van der Waals surface area contributed by atoms with Crippen LogP contribution in [0.25, 0.3) is 0 Å². The molecular weight excluding hydrogens is 264 g/mol. The van der Waals surface area contributed by atoms with Gasteiger partial charge < -0.3 is 5.32 Å². The smallest absolute Gasteiger partial charge is 0.293 e. The lowest BCUT2D eigenvalue weighted by atomic mass is 9.99. The summed E-state index contributed by atoms with van der Waals surface area (Å²) < 4.78 is 0. The number of rotatable bonds is 8. The van der Waals surface area contributed by atoms with E-state index in [-0.39, 0.29) is 5.69 Å². The molecule has 1 N–H and O–H groups in total. The molecule has 0 saturated carbocycles. The molecule has 0 fully saturated rings. The Hall–Kier alpha value is -1.29. The van der Waals surface area contributed by atoms with Gasteiger partial charge in [0.05, 0.1) is 4.92 Å². The first-order chi connectivity index (χ1) is 9.08. The van der Waals surface area contributed by atoms with Gasteiger partial charge in [0.1, 0.15) is 5.69 Å². The van der Waals surface area contributed by atoms with Crippen molar-refractivity contribution in [1.82, 2.24) is 0 Å². The fourth-order valence-electron chi connectivity index (χ4n) is 2.00. The van der Waals surface area contributed by atoms with Gasteiger partial charge in [0.2, 0.25) is 0 Å². The Morgan fingerprint density at radius 1 is 1.42 bits per heavy atom. The topological polar surface area (TPSA) is 55.2 Å². The lowest BCUT2D eigenvalue weighted by Crippen LogP contribution is -2.14. The third kappa shape index (κ3) is 5.07. The molecule has 0 bridgehead atoms. The standard InChI is InChI=1S/C14H21ClN2O2/c1-3-5-6-11(4-2)10-16-13-8-7-12(15)9-14(13)17(18)19/h7-9,11,16H,3-6,10H2,1-2H3. The van der Waals surface area contributed by atoms with Crippen molar-refractivity contribution >= 4 is 23.0 Å². The average Bonchev–Trinajstić information content (AvgIpc) is 2.40. The van der Waals surface area contributed by atoms with Gasteiger partial charge in [-0.1, -0.05) is 44.7 Å². The molecule has 0 saturated heterocycles. The van der Waals surface area contributed by atoms with Gasteiger partial charge in [-0.2, -0.15) is 0 Å². The van der Waals surface area contributed by atoms with Crippen LogP contribution in [-0.4, -0.2) is 11.5 Å². The van der Waals surface area contributed by atoms with Crippen LogP contribution in [0.5, 0.6) is 0 Å². The van der Waals surface area contributed by atoms with Crippen molar-refractivity contribution in [3.8, 4) is 0 Å². The number of hydrogen-bond donors (Lipinski definition) is 1. The van der Waals surface area contributed by atoms with Crippen molar-refractivity contribution in [2.45, 2.75) is 39.5 Å². The maximum Gasteiger partial charge on any atom is 0.293 e. The third-order valence-electron chi connectivity index (χ3n) is 3.28. The zero-order valence-electron chi connectivity index (χ0n) is 11.5. The minimum absolute atomic E-state index is 0.0397. The third-order valence-corrected chi connectivity index (χ3v) is 3.52. The lowest BCUT2D eigenvalue weighted by Gasteiger charge is -2.16. The first-order valence-electron chi connectivity index (χ1n) is 6.76. The van der Waals surface area contributed by atoms with E-state index in [1.807, 2.05) is 0 Å². The summed E-state index contributed by atoms with van der Waals surface area (Å²) in [5.41, 5.74) is 0.585. The highest BCUT2D eigenvalue weighted by Crippen LogP contribution is 2.28. The summed E-state index contributed by atoms with van der Waals surface area (Å²) in [6.07, 6.45) is 4.61. The van der Waals surface area contributed by atoms with Gasteiger partial charge in [-0.05, 0) is 24.5 Å². The van der Waals surface area contributed by atoms with Crippen molar-refractivity contribution in [3.05, 3.63) is 33.3 Å². The van der Waals surface area contributed by atoms with Crippen LogP contribution in [-0.2, 0) is 0 Å². The molecule has 19 heavy (non-hydrogen) atoms. The number of halogens is 1. The highest BCUT2D eigenvalue weighted by Gasteiger charge is 2.15. The van der Waals surface area contributed by atoms with Gasteiger partial charge in [-0.15, -0.1) is 0 Å². The summed E-state index contributed by atoms with van der Waals surface area (Å²) in [7, 11) is 0. The van der Waals surface area contributed by atoms with Crippen LogP contribution in [0.15, 0.2) is 18.2 Å². The maximum absolute atomic E-state index is 11.0. The molecule has 1 aromatic rings. The molecule has 5 heteroatoms. The predicted molar refractivity (Wildman–Crippen MR) is 79.9 cm³/mol. The van der Waals surface area contributed by atoms with E-state index in [0.29, 0.717) is 16.6 Å². The molecule has 0 amide bonds. The van der Waals surface area contributed by atoms with Crippen molar-refractivity contribution in [2.24, 2.45) is 5.92 Å². The number of benzene rings is 1. The van der Waals surface area contributed by atoms with Crippen LogP contribution < -0.4 is 5.32 Å². The molecule has 0 spiro atoms. The van der Waals surface area contributed by atoms with Crippen LogP contribution >= 0.6 is 11.6 Å². The maximum atomic E-state index is 11.0. The molecule has 1 unspecified atom stereocenters. The van der Waals surface area contributed by atoms with E-state index < -0.39 is 4.92 Å². The van der Waals surface area contributed by atoms with E-state index in [9.17, 15) is 10.1 Å². The van der Waals surface area contributed by atoms with Crippen LogP contribution in [0.4, 0.5) is 11.4 Å². The summed E-state index contributed by atoms with van der Waals surface area (Å²) in [4.78, 5) is 10.6. The van der Waals surface area contributed by atoms with Crippen LogP contribution in [0.3, 0.4) is 0 Å². The summed E-state index contributed by atoms with van der Waals surface area (Å²) in [6.45, 7) is 5.08. The van der Waals surface area contributed by atoms with Crippen molar-refractivity contribution in [3.63, 3.8) is 0 Å². The minimum atomic E-state index is -0.402. The molecule has 0 aliphatic carbocycles. The van der Waals surface area contributed by atoms with Crippen molar-refractivity contribution in [1.29, 1.82) is 0 Å². The van der Waals surface area contributed by atoms with Gasteiger partial charge >= 0.3 is 0 Å². The number of nitro benzene ring substituents is 1. The molecule has 1 atom stereocenters. The van der Waals surface area contributed by atoms with Gasteiger partial charge in [-0.3, -0.25) is 10.1 Å². The molecule has 106 valence electrons. The Labute approximate surface area is 119 Å². The van der Waals surface area contributed by atoms with E-state index >= 15 is 0 Å². The van der Waals surface area contributed by atoms with E-state index in [4.69, 9.17) is 11.6 Å². The lowest BCUT2D eigenvalue weighted by molar-refractivity contribution is -0.383. The number of anilines is 1. The summed E-state index contributed by atoms with van der Waals surface area (Å²) in [6, 6.07) is 4.73. The molecule has 0 aliphatic heterocycles. The second-order valence-electron chi connectivity index (χ2n) is 4.72. The van der Waals surface area contributed by atoms with E-state index in [1.165, 1.54) is 18.9 Å². The predicted octanol–water partition coefficient (Wildman–Crippen LogP) is 4.88.